The maximum Gasteiger partial charge on any atom is 0.176 e. The molecule has 0 atom stereocenters. The van der Waals surface area contributed by atoms with Crippen LogP contribution in [0.5, 0.6) is 0 Å². The molecule has 0 amide bonds. The van der Waals surface area contributed by atoms with E-state index in [1.165, 1.54) is 13.8 Å². The van der Waals surface area contributed by atoms with E-state index < -0.39 is 14.8 Å². The van der Waals surface area contributed by atoms with Crippen LogP contribution in [-0.4, -0.2) is 24.7 Å². The first kappa shape index (κ1) is 7.91. The Bertz CT molecular complexity index is 160. The summed E-state index contributed by atoms with van der Waals surface area (Å²) in [5, 5.41) is 8.77. The second-order valence-corrected chi connectivity index (χ2v) is 4.76. The highest BCUT2D eigenvalue weighted by atomic mass is 32.2. The molecule has 0 saturated carbocycles. The molecule has 0 saturated heterocycles. The molecule has 3 nitrogen and oxygen atoms in total. The van der Waals surface area contributed by atoms with Crippen molar-refractivity contribution in [3.05, 3.63) is 0 Å². The van der Waals surface area contributed by atoms with Crippen LogP contribution in [0.15, 0.2) is 0 Å². The maximum absolute atomic E-state index is 10.4. The van der Waals surface area contributed by atoms with Gasteiger partial charge in [0.25, 0.3) is 0 Å². The van der Waals surface area contributed by atoms with E-state index in [2.05, 4.69) is 0 Å². The number of sulfone groups is 1. The highest BCUT2D eigenvalue weighted by Crippen LogP contribution is 2.08. The van der Waals surface area contributed by atoms with Crippen LogP contribution in [0.1, 0.15) is 13.8 Å². The molecular formula is C4H10O3S. The molecule has 0 rings (SSSR count). The minimum Gasteiger partial charge on any atom is -0.375 e. The van der Waals surface area contributed by atoms with Crippen molar-refractivity contribution in [2.45, 2.75) is 18.8 Å². The lowest BCUT2D eigenvalue weighted by molar-refractivity contribution is 0.166. The second-order valence-electron chi connectivity index (χ2n) is 2.22. The first-order chi connectivity index (χ1) is 3.25. The van der Waals surface area contributed by atoms with Crippen molar-refractivity contribution in [2.24, 2.45) is 0 Å². The molecular weight excluding hydrogens is 128 g/mol. The zero-order chi connectivity index (χ0) is 7.00. The van der Waals surface area contributed by atoms with E-state index in [-0.39, 0.29) is 0 Å². The molecule has 0 aliphatic rings. The Morgan fingerprint density at radius 2 is 1.50 bits per heavy atom. The lowest BCUT2D eigenvalue weighted by Gasteiger charge is -2.12. The van der Waals surface area contributed by atoms with Gasteiger partial charge in [0.2, 0.25) is 0 Å². The van der Waals surface area contributed by atoms with Crippen molar-refractivity contribution < 1.29 is 13.5 Å². The summed E-state index contributed by atoms with van der Waals surface area (Å²) >= 11 is 0. The molecule has 0 unspecified atom stereocenters. The summed E-state index contributed by atoms with van der Waals surface area (Å²) in [6.07, 6.45) is 0.993. The van der Waals surface area contributed by atoms with Gasteiger partial charge in [-0.1, -0.05) is 0 Å². The SMILES string of the molecule is CC(C)(O)S(C)(=O)=O. The molecule has 0 aliphatic heterocycles. The van der Waals surface area contributed by atoms with E-state index >= 15 is 0 Å². The number of aliphatic hydroxyl groups is 1. The summed E-state index contributed by atoms with van der Waals surface area (Å²) in [6.45, 7) is 2.48. The molecule has 0 radical (unpaired) electrons. The second kappa shape index (κ2) is 1.70. The van der Waals surface area contributed by atoms with Crippen LogP contribution in [0, 0.1) is 0 Å². The van der Waals surface area contributed by atoms with Crippen LogP contribution < -0.4 is 0 Å². The van der Waals surface area contributed by atoms with Gasteiger partial charge in [0.1, 0.15) is 0 Å². The van der Waals surface area contributed by atoms with Gasteiger partial charge in [0.05, 0.1) is 0 Å². The largest absolute Gasteiger partial charge is 0.375 e. The average Bonchev–Trinajstić information content (AvgIpc) is 1.25. The van der Waals surface area contributed by atoms with Crippen molar-refractivity contribution in [1.29, 1.82) is 0 Å². The molecule has 1 N–H and O–H groups in total. The van der Waals surface area contributed by atoms with Crippen LogP contribution >= 0.6 is 0 Å². The molecule has 0 aliphatic carbocycles. The number of hydrogen-bond donors (Lipinski definition) is 1. The van der Waals surface area contributed by atoms with E-state index in [4.69, 9.17) is 5.11 Å². The third-order valence-corrected chi connectivity index (χ3v) is 2.72. The van der Waals surface area contributed by atoms with E-state index in [0.29, 0.717) is 0 Å². The van der Waals surface area contributed by atoms with E-state index in [9.17, 15) is 8.42 Å². The predicted octanol–water partition coefficient (Wildman–Crippen LogP) is -0.241. The fourth-order valence-corrected chi connectivity index (χ4v) is 0. The normalized spacial score (nSPS) is 14.0. The Labute approximate surface area is 49.3 Å². The zero-order valence-corrected chi connectivity index (χ0v) is 5.99. The summed E-state index contributed by atoms with van der Waals surface area (Å²) in [5.74, 6) is 0. The van der Waals surface area contributed by atoms with Crippen LogP contribution in [0.3, 0.4) is 0 Å². The molecule has 0 heterocycles. The van der Waals surface area contributed by atoms with Gasteiger partial charge in [-0.2, -0.15) is 0 Å². The van der Waals surface area contributed by atoms with Gasteiger partial charge < -0.3 is 5.11 Å². The Morgan fingerprint density at radius 1 is 1.38 bits per heavy atom. The standard InChI is InChI=1S/C4H10O3S/c1-4(2,5)8(3,6)7/h5H,1-3H3. The molecule has 0 aromatic rings. The molecule has 4 heteroatoms. The number of hydrogen-bond acceptors (Lipinski definition) is 3. The third kappa shape index (κ3) is 1.79. The van der Waals surface area contributed by atoms with Crippen LogP contribution in [0.4, 0.5) is 0 Å². The van der Waals surface area contributed by atoms with Crippen molar-refractivity contribution >= 4 is 9.84 Å². The van der Waals surface area contributed by atoms with Gasteiger partial charge in [-0.3, -0.25) is 0 Å². The quantitative estimate of drug-likeness (QED) is 0.544. The monoisotopic (exact) mass is 138 g/mol. The molecule has 50 valence electrons. The van der Waals surface area contributed by atoms with Gasteiger partial charge in [0.15, 0.2) is 14.8 Å². The molecule has 0 fully saturated rings. The lowest BCUT2D eigenvalue weighted by atomic mass is 10.5. The van der Waals surface area contributed by atoms with E-state index in [1.807, 2.05) is 0 Å². The van der Waals surface area contributed by atoms with Gasteiger partial charge >= 0.3 is 0 Å². The first-order valence-corrected chi connectivity index (χ1v) is 4.06. The predicted molar refractivity (Wildman–Crippen MR) is 31.1 cm³/mol. The number of rotatable bonds is 1. The molecule has 0 bridgehead atoms. The van der Waals surface area contributed by atoms with Crippen molar-refractivity contribution in [3.8, 4) is 0 Å². The van der Waals surface area contributed by atoms with Crippen LogP contribution in [-0.2, 0) is 9.84 Å². The highest BCUT2D eigenvalue weighted by molar-refractivity contribution is 7.91. The summed E-state index contributed by atoms with van der Waals surface area (Å²) < 4.78 is 20.8. The van der Waals surface area contributed by atoms with Gasteiger partial charge in [-0.15, -0.1) is 0 Å². The lowest BCUT2D eigenvalue weighted by Crippen LogP contribution is -2.29. The fraction of sp³-hybridized carbons (Fsp3) is 1.00. The molecule has 8 heavy (non-hydrogen) atoms. The Hall–Kier alpha value is -0.0900. The van der Waals surface area contributed by atoms with Crippen LogP contribution in [0.25, 0.3) is 0 Å². The minimum absolute atomic E-state index is 0.993. The van der Waals surface area contributed by atoms with Gasteiger partial charge in [0, 0.05) is 6.26 Å². The third-order valence-electron chi connectivity index (χ3n) is 0.907. The highest BCUT2D eigenvalue weighted by Gasteiger charge is 2.25. The van der Waals surface area contributed by atoms with Crippen molar-refractivity contribution in [2.75, 3.05) is 6.26 Å². The first-order valence-electron chi connectivity index (χ1n) is 2.17. The Morgan fingerprint density at radius 3 is 1.50 bits per heavy atom. The minimum atomic E-state index is -3.28. The summed E-state index contributed by atoms with van der Waals surface area (Å²) in [6, 6.07) is 0. The molecule has 0 spiro atoms. The topological polar surface area (TPSA) is 54.4 Å². The maximum atomic E-state index is 10.4. The summed E-state index contributed by atoms with van der Waals surface area (Å²) in [5.41, 5.74) is 0. The van der Waals surface area contributed by atoms with E-state index in [0.717, 1.165) is 6.26 Å². The van der Waals surface area contributed by atoms with Crippen molar-refractivity contribution in [3.63, 3.8) is 0 Å². The smallest absolute Gasteiger partial charge is 0.176 e. The Balaban J connectivity index is 4.53. The summed E-state index contributed by atoms with van der Waals surface area (Å²) in [4.78, 5) is -1.59. The van der Waals surface area contributed by atoms with Gasteiger partial charge in [-0.25, -0.2) is 8.42 Å². The average molecular weight is 138 g/mol. The molecule has 0 aromatic heterocycles. The van der Waals surface area contributed by atoms with E-state index in [1.54, 1.807) is 0 Å². The molecule has 0 aromatic carbocycles. The Kier molecular flexibility index (Phi) is 1.68. The summed E-state index contributed by atoms with van der Waals surface area (Å²) in [7, 11) is -3.28. The van der Waals surface area contributed by atoms with Gasteiger partial charge in [-0.05, 0) is 13.8 Å². The zero-order valence-electron chi connectivity index (χ0n) is 5.17. The fourth-order valence-electron chi connectivity index (χ4n) is 0. The van der Waals surface area contributed by atoms with Crippen LogP contribution in [0.2, 0.25) is 0 Å². The van der Waals surface area contributed by atoms with Crippen molar-refractivity contribution in [1.82, 2.24) is 0 Å².